The third-order valence-corrected chi connectivity index (χ3v) is 5.67. The Balaban J connectivity index is 1.57. The Morgan fingerprint density at radius 1 is 0.871 bits per heavy atom. The normalized spacial score (nSPS) is 22.7. The maximum Gasteiger partial charge on any atom is 0.266 e. The van der Waals surface area contributed by atoms with E-state index in [0.29, 0.717) is 11.4 Å². The van der Waals surface area contributed by atoms with E-state index in [0.717, 1.165) is 11.3 Å². The van der Waals surface area contributed by atoms with Crippen molar-refractivity contribution in [2.75, 3.05) is 17.1 Å². The first-order valence-electron chi connectivity index (χ1n) is 9.90. The second-order valence-electron chi connectivity index (χ2n) is 7.46. The van der Waals surface area contributed by atoms with E-state index in [-0.39, 0.29) is 11.7 Å². The molecule has 2 fully saturated rings. The molecule has 2 aliphatic rings. The fourth-order valence-corrected chi connectivity index (χ4v) is 4.23. The average Bonchev–Trinajstić information content (AvgIpc) is 3.31. The fourth-order valence-electron chi connectivity index (χ4n) is 4.23. The van der Waals surface area contributed by atoms with Gasteiger partial charge in [0.1, 0.15) is 17.4 Å². The molecule has 0 bridgehead atoms. The van der Waals surface area contributed by atoms with Crippen LogP contribution in [0.1, 0.15) is 11.6 Å². The molecule has 0 saturated carbocycles. The number of ether oxygens (including phenoxy) is 1. The minimum Gasteiger partial charge on any atom is -0.508 e. The van der Waals surface area contributed by atoms with Gasteiger partial charge in [-0.1, -0.05) is 36.4 Å². The van der Waals surface area contributed by atoms with Crippen molar-refractivity contribution in [1.82, 2.24) is 0 Å². The molecule has 0 radical (unpaired) electrons. The van der Waals surface area contributed by atoms with Crippen molar-refractivity contribution in [3.63, 3.8) is 0 Å². The minimum atomic E-state index is -0.947. The number of para-hydroxylation sites is 1. The molecule has 2 amide bonds. The van der Waals surface area contributed by atoms with Crippen LogP contribution in [0.15, 0.2) is 78.9 Å². The van der Waals surface area contributed by atoms with Gasteiger partial charge in [0.2, 0.25) is 5.91 Å². The maximum absolute atomic E-state index is 13.5. The zero-order chi connectivity index (χ0) is 21.5. The van der Waals surface area contributed by atoms with Gasteiger partial charge in [0.05, 0.1) is 24.5 Å². The standard InChI is InChI=1S/C24H20N2O5/c1-30-19-9-5-8-17(14-19)25-23(28)20-21(15-10-12-18(27)13-11-15)26(31-22(20)24(25)29)16-6-3-2-4-7-16/h2-14,20-22,27H,1H3/t20-,21+,22-/m1/s1. The summed E-state index contributed by atoms with van der Waals surface area (Å²) in [4.78, 5) is 34.1. The number of carbonyl (C=O) groups is 2. The monoisotopic (exact) mass is 416 g/mol. The fraction of sp³-hybridized carbons (Fsp3) is 0.167. The van der Waals surface area contributed by atoms with E-state index in [1.807, 2.05) is 30.3 Å². The summed E-state index contributed by atoms with van der Waals surface area (Å²) in [5, 5.41) is 11.3. The number of benzene rings is 3. The molecule has 3 aromatic carbocycles. The van der Waals surface area contributed by atoms with Crippen molar-refractivity contribution < 1.29 is 24.3 Å². The predicted octanol–water partition coefficient (Wildman–Crippen LogP) is 3.45. The highest BCUT2D eigenvalue weighted by Crippen LogP contribution is 2.47. The number of rotatable bonds is 4. The summed E-state index contributed by atoms with van der Waals surface area (Å²) in [7, 11) is 1.53. The summed E-state index contributed by atoms with van der Waals surface area (Å²) in [5.41, 5.74) is 1.95. The first-order valence-corrected chi connectivity index (χ1v) is 9.90. The largest absolute Gasteiger partial charge is 0.508 e. The lowest BCUT2D eigenvalue weighted by Crippen LogP contribution is -2.37. The third kappa shape index (κ3) is 3.10. The molecule has 0 aromatic heterocycles. The van der Waals surface area contributed by atoms with Crippen molar-refractivity contribution >= 4 is 23.2 Å². The summed E-state index contributed by atoms with van der Waals surface area (Å²) in [6, 6.07) is 22.3. The van der Waals surface area contributed by atoms with Gasteiger partial charge in [-0.25, -0.2) is 9.96 Å². The zero-order valence-electron chi connectivity index (χ0n) is 16.7. The highest BCUT2D eigenvalue weighted by atomic mass is 16.7. The Bertz CT molecular complexity index is 1130. The first-order chi connectivity index (χ1) is 15.1. The number of phenols is 1. The topological polar surface area (TPSA) is 79.3 Å². The number of carbonyl (C=O) groups excluding carboxylic acids is 2. The maximum atomic E-state index is 13.5. The molecule has 7 heteroatoms. The number of hydrogen-bond donors (Lipinski definition) is 1. The number of phenolic OH excluding ortho intramolecular Hbond substituents is 1. The van der Waals surface area contributed by atoms with Crippen molar-refractivity contribution in [2.45, 2.75) is 12.1 Å². The van der Waals surface area contributed by atoms with E-state index in [1.165, 1.54) is 12.0 Å². The van der Waals surface area contributed by atoms with Crippen LogP contribution in [-0.2, 0) is 14.4 Å². The number of anilines is 2. The molecule has 3 atom stereocenters. The van der Waals surface area contributed by atoms with Crippen LogP contribution in [0.25, 0.3) is 0 Å². The van der Waals surface area contributed by atoms with Crippen LogP contribution in [0, 0.1) is 5.92 Å². The molecule has 0 spiro atoms. The van der Waals surface area contributed by atoms with Gasteiger partial charge in [-0.3, -0.25) is 14.4 Å². The number of amides is 2. The molecule has 1 N–H and O–H groups in total. The van der Waals surface area contributed by atoms with E-state index in [2.05, 4.69) is 0 Å². The summed E-state index contributed by atoms with van der Waals surface area (Å²) >= 11 is 0. The second-order valence-corrected chi connectivity index (χ2v) is 7.46. The van der Waals surface area contributed by atoms with Gasteiger partial charge >= 0.3 is 0 Å². The Hall–Kier alpha value is -3.84. The van der Waals surface area contributed by atoms with Gasteiger partial charge in [-0.05, 0) is 42.0 Å². The van der Waals surface area contributed by atoms with E-state index >= 15 is 0 Å². The Morgan fingerprint density at radius 3 is 2.29 bits per heavy atom. The second kappa shape index (κ2) is 7.45. The molecule has 2 heterocycles. The summed E-state index contributed by atoms with van der Waals surface area (Å²) in [5.74, 6) is -0.803. The average molecular weight is 416 g/mol. The highest BCUT2D eigenvalue weighted by molar-refractivity contribution is 6.24. The number of hydroxylamine groups is 1. The summed E-state index contributed by atoms with van der Waals surface area (Å²) in [6.07, 6.45) is -0.947. The van der Waals surface area contributed by atoms with Crippen LogP contribution >= 0.6 is 0 Å². The number of aromatic hydroxyl groups is 1. The van der Waals surface area contributed by atoms with E-state index in [4.69, 9.17) is 9.57 Å². The molecule has 0 unspecified atom stereocenters. The van der Waals surface area contributed by atoms with Crippen molar-refractivity contribution in [3.8, 4) is 11.5 Å². The lowest BCUT2D eigenvalue weighted by atomic mass is 9.90. The van der Waals surface area contributed by atoms with Crippen LogP contribution in [0.4, 0.5) is 11.4 Å². The number of methoxy groups -OCH3 is 1. The van der Waals surface area contributed by atoms with Gasteiger partial charge in [-0.2, -0.15) is 0 Å². The van der Waals surface area contributed by atoms with Crippen LogP contribution in [0.2, 0.25) is 0 Å². The number of nitrogens with zero attached hydrogens (tertiary/aromatic N) is 2. The molecule has 7 nitrogen and oxygen atoms in total. The molecule has 31 heavy (non-hydrogen) atoms. The molecular formula is C24H20N2O5. The minimum absolute atomic E-state index is 0.123. The number of imide groups is 1. The molecule has 2 saturated heterocycles. The summed E-state index contributed by atoms with van der Waals surface area (Å²) < 4.78 is 5.24. The Kier molecular flexibility index (Phi) is 4.60. The van der Waals surface area contributed by atoms with E-state index in [9.17, 15) is 14.7 Å². The van der Waals surface area contributed by atoms with Gasteiger partial charge in [0.15, 0.2) is 6.10 Å². The van der Waals surface area contributed by atoms with Crippen molar-refractivity contribution in [1.29, 1.82) is 0 Å². The smallest absolute Gasteiger partial charge is 0.266 e. The van der Waals surface area contributed by atoms with E-state index in [1.54, 1.807) is 53.6 Å². The van der Waals surface area contributed by atoms with Gasteiger partial charge in [-0.15, -0.1) is 0 Å². The third-order valence-electron chi connectivity index (χ3n) is 5.67. The molecule has 0 aliphatic carbocycles. The number of fused-ring (bicyclic) bond motifs is 1. The van der Waals surface area contributed by atoms with Gasteiger partial charge in [0.25, 0.3) is 5.91 Å². The molecule has 5 rings (SSSR count). The molecule has 2 aliphatic heterocycles. The molecule has 156 valence electrons. The lowest BCUT2D eigenvalue weighted by Gasteiger charge is -2.28. The van der Waals surface area contributed by atoms with Crippen LogP contribution < -0.4 is 14.7 Å². The van der Waals surface area contributed by atoms with Crippen molar-refractivity contribution in [2.24, 2.45) is 5.92 Å². The Labute approximate surface area is 179 Å². The van der Waals surface area contributed by atoms with Gasteiger partial charge in [0, 0.05) is 6.07 Å². The van der Waals surface area contributed by atoms with E-state index < -0.39 is 24.0 Å². The molecule has 3 aromatic rings. The highest BCUT2D eigenvalue weighted by Gasteiger charge is 2.60. The van der Waals surface area contributed by atoms with Crippen molar-refractivity contribution in [3.05, 3.63) is 84.4 Å². The molecular weight excluding hydrogens is 396 g/mol. The zero-order valence-corrected chi connectivity index (χ0v) is 16.7. The first kappa shape index (κ1) is 19.1. The SMILES string of the molecule is COc1cccc(N2C(=O)[C@H]3[C@@H](ON(c4ccccc4)[C@H]3c3ccc(O)cc3)C2=O)c1. The Morgan fingerprint density at radius 2 is 1.58 bits per heavy atom. The van der Waals surface area contributed by atoms with Crippen LogP contribution in [-0.4, -0.2) is 30.1 Å². The van der Waals surface area contributed by atoms with Crippen LogP contribution in [0.3, 0.4) is 0 Å². The summed E-state index contributed by atoms with van der Waals surface area (Å²) in [6.45, 7) is 0. The predicted molar refractivity (Wildman–Crippen MR) is 114 cm³/mol. The number of hydrogen-bond acceptors (Lipinski definition) is 6. The lowest BCUT2D eigenvalue weighted by molar-refractivity contribution is -0.126. The van der Waals surface area contributed by atoms with Crippen LogP contribution in [0.5, 0.6) is 11.5 Å². The quantitative estimate of drug-likeness (QED) is 0.657. The van der Waals surface area contributed by atoms with Gasteiger partial charge < -0.3 is 9.84 Å².